The van der Waals surface area contributed by atoms with Crippen LogP contribution in [0.5, 0.6) is 0 Å². The minimum absolute atomic E-state index is 0.0756. The van der Waals surface area contributed by atoms with Gasteiger partial charge >= 0.3 is 0 Å². The lowest BCUT2D eigenvalue weighted by molar-refractivity contribution is -0.171. The fourth-order valence-electron chi connectivity index (χ4n) is 3.33. The Labute approximate surface area is 108 Å². The number of rotatable bonds is 1. The predicted molar refractivity (Wildman–Crippen MR) is 70.0 cm³/mol. The number of ketones is 1. The number of carbonyl (C=O) groups is 1. The van der Waals surface area contributed by atoms with Crippen molar-refractivity contribution < 1.29 is 15.0 Å². The highest BCUT2D eigenvalue weighted by molar-refractivity contribution is 5.89. The Balaban J connectivity index is 2.47. The van der Waals surface area contributed by atoms with Gasteiger partial charge in [-0.15, -0.1) is 0 Å². The molecule has 2 fully saturated rings. The molecule has 2 aliphatic rings. The Kier molecular flexibility index (Phi) is 3.03. The van der Waals surface area contributed by atoms with Gasteiger partial charge in [-0.2, -0.15) is 0 Å². The van der Waals surface area contributed by atoms with Crippen molar-refractivity contribution >= 4 is 5.78 Å². The highest BCUT2D eigenvalue weighted by Gasteiger charge is 2.59. The average molecular weight is 250 g/mol. The maximum atomic E-state index is 12.4. The minimum Gasteiger partial charge on any atom is -0.389 e. The Bertz CT molecular complexity index is 433. The van der Waals surface area contributed by atoms with E-state index in [1.165, 1.54) is 0 Å². The summed E-state index contributed by atoms with van der Waals surface area (Å²) in [6.07, 6.45) is 3.14. The summed E-state index contributed by atoms with van der Waals surface area (Å²) in [6, 6.07) is 0. The zero-order chi connectivity index (χ0) is 13.7. The lowest BCUT2D eigenvalue weighted by Gasteiger charge is -2.53. The first-order chi connectivity index (χ1) is 8.20. The van der Waals surface area contributed by atoms with Crippen LogP contribution in [0.3, 0.4) is 0 Å². The molecule has 4 atom stereocenters. The summed E-state index contributed by atoms with van der Waals surface area (Å²) in [7, 11) is 0. The first kappa shape index (κ1) is 13.5. The van der Waals surface area contributed by atoms with Crippen LogP contribution in [0.1, 0.15) is 40.0 Å². The molecule has 2 aliphatic carbocycles. The van der Waals surface area contributed by atoms with E-state index < -0.39 is 23.0 Å². The molecule has 100 valence electrons. The summed E-state index contributed by atoms with van der Waals surface area (Å²) in [4.78, 5) is 12.4. The smallest absolute Gasteiger partial charge is 0.148 e. The van der Waals surface area contributed by atoms with Crippen LogP contribution < -0.4 is 0 Å². The SMILES string of the molecule is C=C1CC[C@@]2(O)C[C@]1(O)[C@H](C)C(=O)[C@H]2C=C(C)C. The van der Waals surface area contributed by atoms with E-state index in [4.69, 9.17) is 0 Å². The third-order valence-corrected chi connectivity index (χ3v) is 4.58. The molecule has 2 N–H and O–H groups in total. The monoisotopic (exact) mass is 250 g/mol. The normalized spacial score (nSPS) is 43.8. The maximum absolute atomic E-state index is 12.4. The Morgan fingerprint density at radius 1 is 1.44 bits per heavy atom. The molecule has 0 aromatic rings. The van der Waals surface area contributed by atoms with Crippen LogP contribution in [-0.4, -0.2) is 27.2 Å². The maximum Gasteiger partial charge on any atom is 0.148 e. The Morgan fingerprint density at radius 2 is 2.06 bits per heavy atom. The van der Waals surface area contributed by atoms with Gasteiger partial charge in [-0.05, 0) is 32.3 Å². The van der Waals surface area contributed by atoms with Crippen molar-refractivity contribution in [1.82, 2.24) is 0 Å². The van der Waals surface area contributed by atoms with Crippen molar-refractivity contribution in [1.29, 1.82) is 0 Å². The van der Waals surface area contributed by atoms with Gasteiger partial charge in [0.25, 0.3) is 0 Å². The molecule has 0 heterocycles. The van der Waals surface area contributed by atoms with Gasteiger partial charge in [0, 0.05) is 12.3 Å². The molecule has 0 aromatic heterocycles. The van der Waals surface area contributed by atoms with Crippen LogP contribution in [-0.2, 0) is 4.79 Å². The number of Topliss-reactive ketones (excluding diaryl/α,β-unsaturated/α-hetero) is 1. The van der Waals surface area contributed by atoms with Crippen molar-refractivity contribution in [2.75, 3.05) is 0 Å². The summed E-state index contributed by atoms with van der Waals surface area (Å²) >= 11 is 0. The molecular weight excluding hydrogens is 228 g/mol. The molecule has 0 unspecified atom stereocenters. The molecule has 0 aliphatic heterocycles. The molecular formula is C15H22O3. The lowest BCUT2D eigenvalue weighted by atomic mass is 9.55. The fraction of sp³-hybridized carbons (Fsp3) is 0.667. The number of allylic oxidation sites excluding steroid dienone is 1. The van der Waals surface area contributed by atoms with Gasteiger partial charge in [0.1, 0.15) is 5.78 Å². The summed E-state index contributed by atoms with van der Waals surface area (Å²) in [5, 5.41) is 21.3. The van der Waals surface area contributed by atoms with Gasteiger partial charge in [0.05, 0.1) is 17.1 Å². The zero-order valence-electron chi connectivity index (χ0n) is 11.4. The first-order valence-corrected chi connectivity index (χ1v) is 6.52. The van der Waals surface area contributed by atoms with Crippen molar-refractivity contribution in [3.63, 3.8) is 0 Å². The highest BCUT2D eigenvalue weighted by atomic mass is 16.3. The highest BCUT2D eigenvalue weighted by Crippen LogP contribution is 2.51. The van der Waals surface area contributed by atoms with E-state index in [-0.39, 0.29) is 12.2 Å². The number of carbonyl (C=O) groups excluding carboxylic acids is 1. The number of aliphatic hydroxyl groups is 2. The molecule has 0 saturated heterocycles. The van der Waals surface area contributed by atoms with Gasteiger partial charge in [0.2, 0.25) is 0 Å². The van der Waals surface area contributed by atoms with Crippen molar-refractivity contribution in [3.05, 3.63) is 23.8 Å². The largest absolute Gasteiger partial charge is 0.389 e. The second kappa shape index (κ2) is 4.04. The molecule has 3 nitrogen and oxygen atoms in total. The number of hydrogen-bond donors (Lipinski definition) is 2. The Hall–Kier alpha value is -0.930. The second-order valence-corrected chi connectivity index (χ2v) is 6.15. The van der Waals surface area contributed by atoms with Crippen molar-refractivity contribution in [3.8, 4) is 0 Å². The molecule has 2 rings (SSSR count). The van der Waals surface area contributed by atoms with Crippen LogP contribution in [0.25, 0.3) is 0 Å². The molecule has 0 amide bonds. The van der Waals surface area contributed by atoms with Crippen molar-refractivity contribution in [2.45, 2.75) is 51.2 Å². The number of hydrogen-bond acceptors (Lipinski definition) is 3. The quantitative estimate of drug-likeness (QED) is 0.700. The third-order valence-electron chi connectivity index (χ3n) is 4.58. The molecule has 18 heavy (non-hydrogen) atoms. The summed E-state index contributed by atoms with van der Waals surface area (Å²) in [5.74, 6) is -1.06. The zero-order valence-corrected chi connectivity index (χ0v) is 11.4. The summed E-state index contributed by atoms with van der Waals surface area (Å²) in [6.45, 7) is 9.46. The van der Waals surface area contributed by atoms with Gasteiger partial charge < -0.3 is 10.2 Å². The standard InChI is InChI=1S/C15H22O3/c1-9(2)7-12-13(16)11(4)15(18)8-14(12,17)6-5-10(15)3/h7,11-12,17-18H,3,5-6,8H2,1-2,4H3/t11-,12-,14-,15-/m1/s1. The van der Waals surface area contributed by atoms with E-state index in [0.29, 0.717) is 18.4 Å². The van der Waals surface area contributed by atoms with E-state index in [9.17, 15) is 15.0 Å². The van der Waals surface area contributed by atoms with Crippen molar-refractivity contribution in [2.24, 2.45) is 11.8 Å². The topological polar surface area (TPSA) is 57.5 Å². The van der Waals surface area contributed by atoms with E-state index in [0.717, 1.165) is 5.57 Å². The average Bonchev–Trinajstić information content (AvgIpc) is 2.28. The van der Waals surface area contributed by atoms with Crippen LogP contribution in [0, 0.1) is 11.8 Å². The number of fused-ring (bicyclic) bond motifs is 2. The van der Waals surface area contributed by atoms with Crippen LogP contribution in [0.15, 0.2) is 23.8 Å². The van der Waals surface area contributed by atoms with E-state index in [2.05, 4.69) is 6.58 Å². The van der Waals surface area contributed by atoms with E-state index in [1.807, 2.05) is 19.9 Å². The fourth-order valence-corrected chi connectivity index (χ4v) is 3.33. The summed E-state index contributed by atoms with van der Waals surface area (Å²) < 4.78 is 0. The van der Waals surface area contributed by atoms with Gasteiger partial charge in [-0.3, -0.25) is 4.79 Å². The van der Waals surface area contributed by atoms with Gasteiger partial charge in [-0.25, -0.2) is 0 Å². The Morgan fingerprint density at radius 3 is 2.61 bits per heavy atom. The molecule has 0 spiro atoms. The lowest BCUT2D eigenvalue weighted by Crippen LogP contribution is -2.62. The van der Waals surface area contributed by atoms with E-state index >= 15 is 0 Å². The third kappa shape index (κ3) is 1.77. The first-order valence-electron chi connectivity index (χ1n) is 6.52. The second-order valence-electron chi connectivity index (χ2n) is 6.15. The summed E-state index contributed by atoms with van der Waals surface area (Å²) in [5.41, 5.74) is -0.639. The molecule has 3 heteroatoms. The molecule has 0 radical (unpaired) electrons. The van der Waals surface area contributed by atoms with Crippen LogP contribution in [0.2, 0.25) is 0 Å². The van der Waals surface area contributed by atoms with Crippen LogP contribution >= 0.6 is 0 Å². The van der Waals surface area contributed by atoms with Crippen LogP contribution in [0.4, 0.5) is 0 Å². The minimum atomic E-state index is -1.23. The molecule has 2 bridgehead atoms. The van der Waals surface area contributed by atoms with E-state index in [1.54, 1.807) is 6.92 Å². The predicted octanol–water partition coefficient (Wildman–Crippen LogP) is 1.99. The molecule has 2 saturated carbocycles. The molecule has 0 aromatic carbocycles. The van der Waals surface area contributed by atoms with Gasteiger partial charge in [0.15, 0.2) is 0 Å². The van der Waals surface area contributed by atoms with Gasteiger partial charge in [-0.1, -0.05) is 25.2 Å².